The molecule has 0 saturated carbocycles. The molecule has 0 aliphatic heterocycles. The van der Waals surface area contributed by atoms with Gasteiger partial charge in [-0.3, -0.25) is 9.10 Å². The zero-order chi connectivity index (χ0) is 21.7. The molecule has 0 atom stereocenters. The molecule has 30 heavy (non-hydrogen) atoms. The van der Waals surface area contributed by atoms with Crippen molar-refractivity contribution in [1.82, 2.24) is 5.43 Å². The summed E-state index contributed by atoms with van der Waals surface area (Å²) in [5, 5.41) is 4.14. The lowest BCUT2D eigenvalue weighted by atomic mass is 10.1. The lowest BCUT2D eigenvalue weighted by Gasteiger charge is -2.19. The number of benzene rings is 3. The molecule has 0 aliphatic rings. The molecule has 0 fully saturated rings. The molecule has 1 amide bonds. The Kier molecular flexibility index (Phi) is 6.69. The molecule has 3 aromatic carbocycles. The van der Waals surface area contributed by atoms with Crippen LogP contribution in [-0.4, -0.2) is 27.1 Å². The first kappa shape index (κ1) is 21.7. The van der Waals surface area contributed by atoms with Gasteiger partial charge in [0.05, 0.1) is 16.3 Å². The number of amides is 1. The monoisotopic (exact) mass is 485 g/mol. The van der Waals surface area contributed by atoms with Gasteiger partial charge < -0.3 is 0 Å². The molecule has 0 heterocycles. The van der Waals surface area contributed by atoms with Gasteiger partial charge in [-0.2, -0.15) is 5.10 Å². The van der Waals surface area contributed by atoms with Crippen LogP contribution in [-0.2, 0) is 10.0 Å². The Bertz CT molecular complexity index is 1180. The largest absolute Gasteiger partial charge is 0.271 e. The second-order valence-electron chi connectivity index (χ2n) is 6.48. The van der Waals surface area contributed by atoms with Crippen LogP contribution >= 0.6 is 15.9 Å². The topological polar surface area (TPSA) is 78.8 Å². The summed E-state index contributed by atoms with van der Waals surface area (Å²) in [6, 6.07) is 22.1. The van der Waals surface area contributed by atoms with Crippen molar-refractivity contribution in [2.45, 2.75) is 11.8 Å². The van der Waals surface area contributed by atoms with E-state index in [1.165, 1.54) is 11.4 Å². The first-order valence-corrected chi connectivity index (χ1v) is 11.3. The molecule has 6 nitrogen and oxygen atoms in total. The third-order valence-electron chi connectivity index (χ3n) is 4.46. The summed E-state index contributed by atoms with van der Waals surface area (Å²) in [7, 11) is -2.20. The lowest BCUT2D eigenvalue weighted by molar-refractivity contribution is 0.0955. The van der Waals surface area contributed by atoms with Crippen LogP contribution < -0.4 is 9.73 Å². The summed E-state index contributed by atoms with van der Waals surface area (Å²) in [5.41, 5.74) is 4.89. The van der Waals surface area contributed by atoms with Crippen molar-refractivity contribution in [1.29, 1.82) is 0 Å². The van der Waals surface area contributed by atoms with Gasteiger partial charge in [-0.25, -0.2) is 13.8 Å². The van der Waals surface area contributed by atoms with Gasteiger partial charge in [-0.05, 0) is 61.0 Å². The van der Waals surface area contributed by atoms with Gasteiger partial charge in [0.15, 0.2) is 0 Å². The van der Waals surface area contributed by atoms with Gasteiger partial charge in [0.2, 0.25) is 0 Å². The van der Waals surface area contributed by atoms with E-state index in [0.717, 1.165) is 10.0 Å². The van der Waals surface area contributed by atoms with Crippen LogP contribution in [0.25, 0.3) is 0 Å². The zero-order valence-electron chi connectivity index (χ0n) is 16.4. The van der Waals surface area contributed by atoms with Crippen molar-refractivity contribution in [3.63, 3.8) is 0 Å². The minimum Gasteiger partial charge on any atom is -0.269 e. The third kappa shape index (κ3) is 4.95. The molecular formula is C22H20BrN3O3S. The van der Waals surface area contributed by atoms with E-state index in [4.69, 9.17) is 0 Å². The Balaban J connectivity index is 1.72. The molecule has 3 aromatic rings. The fourth-order valence-electron chi connectivity index (χ4n) is 2.69. The van der Waals surface area contributed by atoms with Crippen LogP contribution in [0.15, 0.2) is 93.3 Å². The van der Waals surface area contributed by atoms with Crippen molar-refractivity contribution in [2.75, 3.05) is 11.4 Å². The minimum atomic E-state index is -3.67. The van der Waals surface area contributed by atoms with Gasteiger partial charge in [0, 0.05) is 17.1 Å². The predicted octanol–water partition coefficient (Wildman–Crippen LogP) is 4.43. The molecule has 0 aliphatic carbocycles. The fraction of sp³-hybridized carbons (Fsp3) is 0.0909. The van der Waals surface area contributed by atoms with Gasteiger partial charge in [0.1, 0.15) is 0 Å². The summed E-state index contributed by atoms with van der Waals surface area (Å²) in [5.74, 6) is -0.385. The minimum absolute atomic E-state index is 0.201. The maximum atomic E-state index is 12.7. The molecule has 3 rings (SSSR count). The normalized spacial score (nSPS) is 11.8. The lowest BCUT2D eigenvalue weighted by Crippen LogP contribution is -2.26. The van der Waals surface area contributed by atoms with E-state index in [1.807, 2.05) is 24.3 Å². The molecule has 1 N–H and O–H groups in total. The van der Waals surface area contributed by atoms with Crippen molar-refractivity contribution >= 4 is 43.3 Å². The quantitative estimate of drug-likeness (QED) is 0.414. The average Bonchev–Trinajstić information content (AvgIpc) is 2.77. The van der Waals surface area contributed by atoms with Crippen molar-refractivity contribution in [2.24, 2.45) is 5.10 Å². The second kappa shape index (κ2) is 9.23. The van der Waals surface area contributed by atoms with Crippen molar-refractivity contribution < 1.29 is 13.2 Å². The molecular weight excluding hydrogens is 466 g/mol. The molecule has 0 radical (unpaired) electrons. The highest BCUT2D eigenvalue weighted by Crippen LogP contribution is 2.22. The summed E-state index contributed by atoms with van der Waals surface area (Å²) < 4.78 is 27.5. The van der Waals surface area contributed by atoms with Gasteiger partial charge in [-0.1, -0.05) is 46.3 Å². The Morgan fingerprint density at radius 3 is 2.23 bits per heavy atom. The third-order valence-corrected chi connectivity index (χ3v) is 6.76. The second-order valence-corrected chi connectivity index (χ2v) is 9.37. The number of nitrogens with zero attached hydrogens (tertiary/aromatic N) is 2. The van der Waals surface area contributed by atoms with Crippen LogP contribution in [0.2, 0.25) is 0 Å². The zero-order valence-corrected chi connectivity index (χ0v) is 18.8. The number of nitrogens with one attached hydrogen (secondary N) is 1. The van der Waals surface area contributed by atoms with E-state index in [1.54, 1.807) is 61.5 Å². The molecule has 8 heteroatoms. The number of carbonyl (C=O) groups is 1. The number of hydrogen-bond donors (Lipinski definition) is 1. The van der Waals surface area contributed by atoms with Crippen molar-refractivity contribution in [3.05, 3.63) is 94.5 Å². The number of hydrazone groups is 1. The Hall–Kier alpha value is -2.97. The van der Waals surface area contributed by atoms with Crippen LogP contribution in [0.4, 0.5) is 5.69 Å². The molecule has 0 aromatic heterocycles. The highest BCUT2D eigenvalue weighted by Gasteiger charge is 2.21. The van der Waals surface area contributed by atoms with Crippen LogP contribution in [0.5, 0.6) is 0 Å². The number of rotatable bonds is 6. The molecule has 0 unspecified atom stereocenters. The average molecular weight is 486 g/mol. The highest BCUT2D eigenvalue weighted by molar-refractivity contribution is 9.10. The predicted molar refractivity (Wildman–Crippen MR) is 122 cm³/mol. The number of anilines is 1. The van der Waals surface area contributed by atoms with E-state index >= 15 is 0 Å². The van der Waals surface area contributed by atoms with E-state index in [-0.39, 0.29) is 10.8 Å². The highest BCUT2D eigenvalue weighted by atomic mass is 79.9. The summed E-state index contributed by atoms with van der Waals surface area (Å²) >= 11 is 3.41. The van der Waals surface area contributed by atoms with Crippen LogP contribution in [0.3, 0.4) is 0 Å². The van der Waals surface area contributed by atoms with E-state index in [9.17, 15) is 13.2 Å². The van der Waals surface area contributed by atoms with Gasteiger partial charge >= 0.3 is 0 Å². The summed E-state index contributed by atoms with van der Waals surface area (Å²) in [6.07, 6.45) is 0. The van der Waals surface area contributed by atoms with E-state index in [0.29, 0.717) is 17.0 Å². The Morgan fingerprint density at radius 2 is 1.60 bits per heavy atom. The van der Waals surface area contributed by atoms with E-state index in [2.05, 4.69) is 26.5 Å². The number of sulfonamides is 1. The molecule has 0 saturated heterocycles. The Labute approximate surface area is 184 Å². The molecule has 154 valence electrons. The smallest absolute Gasteiger partial charge is 0.269 e. The molecule has 0 spiro atoms. The first-order valence-electron chi connectivity index (χ1n) is 9.03. The summed E-state index contributed by atoms with van der Waals surface area (Å²) in [6.45, 7) is 1.80. The maximum absolute atomic E-state index is 12.7. The van der Waals surface area contributed by atoms with Crippen molar-refractivity contribution in [3.8, 4) is 0 Å². The maximum Gasteiger partial charge on any atom is 0.271 e. The van der Waals surface area contributed by atoms with Gasteiger partial charge in [-0.15, -0.1) is 0 Å². The van der Waals surface area contributed by atoms with Crippen LogP contribution in [0.1, 0.15) is 22.8 Å². The first-order chi connectivity index (χ1) is 14.3. The van der Waals surface area contributed by atoms with Crippen LogP contribution in [0, 0.1) is 0 Å². The number of carbonyl (C=O) groups excluding carboxylic acids is 1. The van der Waals surface area contributed by atoms with E-state index < -0.39 is 10.0 Å². The fourth-order valence-corrected chi connectivity index (χ4v) is 4.31. The number of hydrogen-bond acceptors (Lipinski definition) is 4. The number of halogens is 1. The van der Waals surface area contributed by atoms with Gasteiger partial charge in [0.25, 0.3) is 15.9 Å². The summed E-state index contributed by atoms with van der Waals surface area (Å²) in [4.78, 5) is 12.6. The Morgan fingerprint density at radius 1 is 0.933 bits per heavy atom. The SMILES string of the molecule is CC(=NNC(=O)c1ccc(N(C)S(=O)(=O)c2ccccc2)cc1)c1cccc(Br)c1. The molecule has 0 bridgehead atoms. The standard InChI is InChI=1S/C22H20BrN3O3S/c1-16(18-7-6-8-19(23)15-18)24-25-22(27)17-11-13-20(14-12-17)26(2)30(28,29)21-9-4-3-5-10-21/h3-15H,1-2H3,(H,25,27).